The molecule has 0 spiro atoms. The van der Waals surface area contributed by atoms with Crippen LogP contribution in [-0.2, 0) is 6.42 Å². The fourth-order valence-corrected chi connectivity index (χ4v) is 9.64. The molecule has 0 radical (unpaired) electrons. The molecule has 2 atom stereocenters. The number of aromatic amines is 1. The minimum absolute atomic E-state index is 0.434. The van der Waals surface area contributed by atoms with Crippen molar-refractivity contribution in [3.8, 4) is 11.4 Å². The number of benzene rings is 2. The summed E-state index contributed by atoms with van der Waals surface area (Å²) in [5.41, 5.74) is 3.44. The van der Waals surface area contributed by atoms with Crippen molar-refractivity contribution in [1.82, 2.24) is 30.6 Å². The van der Waals surface area contributed by atoms with E-state index in [0.29, 0.717) is 22.7 Å². The van der Waals surface area contributed by atoms with Gasteiger partial charge >= 0.3 is 0 Å². The molecule has 4 saturated carbocycles. The molecule has 4 aromatic rings. The Hall–Kier alpha value is -2.87. The van der Waals surface area contributed by atoms with Gasteiger partial charge in [0, 0.05) is 34.9 Å². The Balaban J connectivity index is 1.26. The van der Waals surface area contributed by atoms with Crippen LogP contribution in [-0.4, -0.2) is 43.7 Å². The number of H-pyrrole nitrogens is 1. The van der Waals surface area contributed by atoms with Crippen LogP contribution in [0.5, 0.6) is 0 Å². The first-order valence-electron chi connectivity index (χ1n) is 14.3. The number of hydrogen-bond acceptors (Lipinski definition) is 6. The van der Waals surface area contributed by atoms with E-state index >= 15 is 0 Å². The van der Waals surface area contributed by atoms with Crippen molar-refractivity contribution in [3.05, 3.63) is 58.8 Å². The maximum Gasteiger partial charge on any atom is 0.176 e. The molecule has 0 saturated heterocycles. The first-order valence-corrected chi connectivity index (χ1v) is 15.1. The summed E-state index contributed by atoms with van der Waals surface area (Å²) in [6.07, 6.45) is 10.3. The van der Waals surface area contributed by atoms with E-state index in [4.69, 9.17) is 9.97 Å². The molecule has 4 aliphatic rings. The van der Waals surface area contributed by atoms with Crippen molar-refractivity contribution in [2.45, 2.75) is 65.2 Å². The van der Waals surface area contributed by atoms with E-state index < -0.39 is 0 Å². The zero-order valence-corrected chi connectivity index (χ0v) is 24.4. The highest BCUT2D eigenvalue weighted by Crippen LogP contribution is 2.70. The summed E-state index contributed by atoms with van der Waals surface area (Å²) >= 11 is 3.62. The fraction of sp³-hybridized carbons (Fsp3) is 0.516. The first kappa shape index (κ1) is 25.1. The number of anilines is 1. The summed E-state index contributed by atoms with van der Waals surface area (Å²) in [4.78, 5) is 12.7. The van der Waals surface area contributed by atoms with Crippen LogP contribution in [0.25, 0.3) is 22.3 Å². The van der Waals surface area contributed by atoms with Crippen LogP contribution < -0.4 is 4.90 Å². The van der Waals surface area contributed by atoms with E-state index in [1.54, 1.807) is 0 Å². The number of halogens is 1. The quantitative estimate of drug-likeness (QED) is 0.239. The van der Waals surface area contributed by atoms with Crippen LogP contribution in [0.1, 0.15) is 64.6 Å². The highest BCUT2D eigenvalue weighted by atomic mass is 79.9. The van der Waals surface area contributed by atoms with Gasteiger partial charge in [-0.25, -0.2) is 9.97 Å². The van der Waals surface area contributed by atoms with Gasteiger partial charge in [0.25, 0.3) is 0 Å². The summed E-state index contributed by atoms with van der Waals surface area (Å²) in [7, 11) is 0. The second-order valence-electron chi connectivity index (χ2n) is 13.3. The number of aromatic nitrogens is 6. The van der Waals surface area contributed by atoms with Crippen molar-refractivity contribution in [3.63, 3.8) is 0 Å². The monoisotopic (exact) mass is 585 g/mol. The van der Waals surface area contributed by atoms with Crippen LogP contribution in [0.4, 0.5) is 5.82 Å². The molecule has 202 valence electrons. The van der Waals surface area contributed by atoms with Crippen molar-refractivity contribution in [2.75, 3.05) is 18.0 Å². The predicted octanol–water partition coefficient (Wildman–Crippen LogP) is 7.01. The number of rotatable bonds is 8. The molecule has 2 unspecified atom stereocenters. The van der Waals surface area contributed by atoms with Crippen LogP contribution in [0.15, 0.2) is 53.0 Å². The van der Waals surface area contributed by atoms with Gasteiger partial charge in [0.2, 0.25) is 0 Å². The van der Waals surface area contributed by atoms with E-state index in [1.165, 1.54) is 44.9 Å². The molecule has 8 heteroatoms. The van der Waals surface area contributed by atoms with Crippen LogP contribution in [0, 0.1) is 22.2 Å². The summed E-state index contributed by atoms with van der Waals surface area (Å²) in [6.45, 7) is 6.89. The molecule has 0 aliphatic heterocycles. The van der Waals surface area contributed by atoms with Gasteiger partial charge in [-0.1, -0.05) is 59.3 Å². The zero-order chi connectivity index (χ0) is 26.7. The lowest BCUT2D eigenvalue weighted by atomic mass is 9.40. The van der Waals surface area contributed by atoms with Gasteiger partial charge in [0.05, 0.1) is 5.52 Å². The molecular formula is C31H36BrN7. The molecular weight excluding hydrogens is 550 g/mol. The molecule has 4 fully saturated rings. The average molecular weight is 587 g/mol. The lowest BCUT2D eigenvalue weighted by Gasteiger charge is -2.65. The Bertz CT molecular complexity index is 1480. The van der Waals surface area contributed by atoms with Crippen molar-refractivity contribution >= 4 is 32.7 Å². The number of tetrazole rings is 1. The fourth-order valence-electron chi connectivity index (χ4n) is 9.24. The lowest BCUT2D eigenvalue weighted by Crippen LogP contribution is -2.55. The van der Waals surface area contributed by atoms with Gasteiger partial charge in [0.1, 0.15) is 5.82 Å². The summed E-state index contributed by atoms with van der Waals surface area (Å²) in [5, 5.41) is 16.0. The number of hydrogen-bond donors (Lipinski definition) is 1. The van der Waals surface area contributed by atoms with Crippen molar-refractivity contribution in [1.29, 1.82) is 0 Å². The second kappa shape index (κ2) is 9.36. The molecule has 7 nitrogen and oxygen atoms in total. The molecule has 4 aliphatic carbocycles. The summed E-state index contributed by atoms with van der Waals surface area (Å²) in [5.74, 6) is 3.39. The third-order valence-electron chi connectivity index (χ3n) is 9.61. The van der Waals surface area contributed by atoms with E-state index in [0.717, 1.165) is 57.4 Å². The second-order valence-corrected chi connectivity index (χ2v) is 14.3. The predicted molar refractivity (Wildman–Crippen MR) is 157 cm³/mol. The maximum atomic E-state index is 5.23. The maximum absolute atomic E-state index is 5.23. The van der Waals surface area contributed by atoms with Crippen molar-refractivity contribution < 1.29 is 0 Å². The Labute approximate surface area is 238 Å². The smallest absolute Gasteiger partial charge is 0.176 e. The third-order valence-corrected chi connectivity index (χ3v) is 10.1. The summed E-state index contributed by atoms with van der Waals surface area (Å²) in [6, 6.07) is 16.7. The van der Waals surface area contributed by atoms with Gasteiger partial charge in [-0.2, -0.15) is 5.21 Å². The number of nitrogens with zero attached hydrogens (tertiary/aromatic N) is 6. The standard InChI is InChI=1S/C31H36BrN7/c1-29-15-21-16-30(2,18-29)20-31(17-21,19-29)11-13-39(12-10-26-35-37-38-36-26)28-24-8-3-4-9-25(24)33-27(34-28)22-6-5-7-23(32)14-22/h3-9,14,21H,10-13,15-20H2,1-2H3,(H,35,36,37,38). The van der Waals surface area contributed by atoms with E-state index in [1.807, 2.05) is 12.1 Å². The van der Waals surface area contributed by atoms with E-state index in [-0.39, 0.29) is 0 Å². The summed E-state index contributed by atoms with van der Waals surface area (Å²) < 4.78 is 1.02. The van der Waals surface area contributed by atoms with E-state index in [2.05, 4.69) is 91.7 Å². The van der Waals surface area contributed by atoms with Gasteiger partial charge in [0.15, 0.2) is 11.6 Å². The molecule has 8 rings (SSSR count). The van der Waals surface area contributed by atoms with Gasteiger partial charge in [-0.3, -0.25) is 0 Å². The number of nitrogens with one attached hydrogen (secondary N) is 1. The highest BCUT2D eigenvalue weighted by Gasteiger charge is 2.59. The largest absolute Gasteiger partial charge is 0.356 e. The topological polar surface area (TPSA) is 83.5 Å². The van der Waals surface area contributed by atoms with Gasteiger partial charge in [-0.05, 0) is 91.4 Å². The minimum atomic E-state index is 0.434. The van der Waals surface area contributed by atoms with Crippen LogP contribution in [0.2, 0.25) is 0 Å². The Morgan fingerprint density at radius 3 is 2.51 bits per heavy atom. The minimum Gasteiger partial charge on any atom is -0.356 e. The highest BCUT2D eigenvalue weighted by molar-refractivity contribution is 9.10. The Morgan fingerprint density at radius 1 is 0.949 bits per heavy atom. The molecule has 2 aromatic heterocycles. The molecule has 39 heavy (non-hydrogen) atoms. The van der Waals surface area contributed by atoms with Crippen molar-refractivity contribution in [2.24, 2.45) is 22.2 Å². The Kier molecular flexibility index (Phi) is 6.03. The first-order chi connectivity index (χ1) is 18.8. The molecule has 4 bridgehead atoms. The van der Waals surface area contributed by atoms with Gasteiger partial charge < -0.3 is 4.90 Å². The zero-order valence-electron chi connectivity index (χ0n) is 22.8. The Morgan fingerprint density at radius 2 is 1.77 bits per heavy atom. The molecule has 0 amide bonds. The van der Waals surface area contributed by atoms with Crippen LogP contribution in [0.3, 0.4) is 0 Å². The van der Waals surface area contributed by atoms with Crippen LogP contribution >= 0.6 is 15.9 Å². The SMILES string of the molecule is CC12CC3CC(C)(C1)CC(CCN(CCc1nn[nH]n1)c1nc(-c4cccc(Br)c4)nc4ccccc14)(C3)C2. The third kappa shape index (κ3) is 4.85. The van der Waals surface area contributed by atoms with E-state index in [9.17, 15) is 0 Å². The molecule has 2 aromatic carbocycles. The van der Waals surface area contributed by atoms with Gasteiger partial charge in [-0.15, -0.1) is 10.2 Å². The number of fused-ring (bicyclic) bond motifs is 1. The number of para-hydroxylation sites is 1. The average Bonchev–Trinajstić information content (AvgIpc) is 3.40. The normalized spacial score (nSPS) is 29.3. The molecule has 2 heterocycles. The molecule has 1 N–H and O–H groups in total. The lowest BCUT2D eigenvalue weighted by molar-refractivity contribution is -0.146.